The molecule has 232 valence electrons. The van der Waals surface area contributed by atoms with Crippen LogP contribution >= 0.6 is 0 Å². The highest BCUT2D eigenvalue weighted by molar-refractivity contribution is 6.00. The first-order valence-corrected chi connectivity index (χ1v) is 15.6. The summed E-state index contributed by atoms with van der Waals surface area (Å²) < 4.78 is 5.49. The molecule has 7 heteroatoms. The summed E-state index contributed by atoms with van der Waals surface area (Å²) in [4.78, 5) is 43.0. The maximum absolute atomic E-state index is 14.4. The summed E-state index contributed by atoms with van der Waals surface area (Å²) in [5, 5.41) is 7.97. The molecule has 0 aliphatic carbocycles. The smallest absolute Gasteiger partial charge is 0.408 e. The van der Waals surface area contributed by atoms with Gasteiger partial charge in [0.15, 0.2) is 0 Å². The second kappa shape index (κ2) is 16.1. The van der Waals surface area contributed by atoms with E-state index in [2.05, 4.69) is 17.6 Å². The Balaban J connectivity index is 1.96. The molecule has 3 aromatic carbocycles. The normalized spacial score (nSPS) is 12.9. The fraction of sp³-hybridized carbons (Fsp3) is 0.472. The van der Waals surface area contributed by atoms with E-state index >= 15 is 0 Å². The van der Waals surface area contributed by atoms with Crippen molar-refractivity contribution >= 4 is 34.4 Å². The zero-order chi connectivity index (χ0) is 31.4. The van der Waals surface area contributed by atoms with E-state index in [1.807, 2.05) is 86.6 Å². The van der Waals surface area contributed by atoms with Crippen LogP contribution in [0.3, 0.4) is 0 Å². The van der Waals surface area contributed by atoms with Gasteiger partial charge in [-0.1, -0.05) is 114 Å². The lowest BCUT2D eigenvalue weighted by atomic mass is 9.98. The summed E-state index contributed by atoms with van der Waals surface area (Å²) in [6.45, 7) is 11.7. The quantitative estimate of drug-likeness (QED) is 0.186. The molecule has 0 heterocycles. The third kappa shape index (κ3) is 10.4. The maximum Gasteiger partial charge on any atom is 0.408 e. The van der Waals surface area contributed by atoms with Crippen LogP contribution in [0.2, 0.25) is 0 Å². The van der Waals surface area contributed by atoms with Crippen LogP contribution in [0.5, 0.6) is 0 Å². The number of carbonyl (C=O) groups is 3. The van der Waals surface area contributed by atoms with E-state index in [0.717, 1.165) is 42.9 Å². The number of benzene rings is 3. The number of alkyl carbamates (subject to hydrolysis) is 1. The van der Waals surface area contributed by atoms with E-state index in [1.165, 1.54) is 6.42 Å². The van der Waals surface area contributed by atoms with Crippen molar-refractivity contribution in [3.8, 4) is 0 Å². The predicted molar refractivity (Wildman–Crippen MR) is 175 cm³/mol. The molecule has 0 saturated carbocycles. The van der Waals surface area contributed by atoms with E-state index < -0.39 is 23.8 Å². The monoisotopic (exact) mass is 587 g/mol. The van der Waals surface area contributed by atoms with Gasteiger partial charge in [0.05, 0.1) is 0 Å². The molecule has 0 fully saturated rings. The van der Waals surface area contributed by atoms with Crippen molar-refractivity contribution in [2.75, 3.05) is 11.9 Å². The Hall–Kier alpha value is -3.87. The second-order valence-electron chi connectivity index (χ2n) is 12.5. The topological polar surface area (TPSA) is 87.7 Å². The molecule has 2 N–H and O–H groups in total. The van der Waals surface area contributed by atoms with Crippen molar-refractivity contribution in [3.63, 3.8) is 0 Å². The summed E-state index contributed by atoms with van der Waals surface area (Å²) in [7, 11) is 0. The van der Waals surface area contributed by atoms with Crippen LogP contribution in [0.1, 0.15) is 91.7 Å². The van der Waals surface area contributed by atoms with Gasteiger partial charge >= 0.3 is 6.09 Å². The summed E-state index contributed by atoms with van der Waals surface area (Å²) >= 11 is 0. The predicted octanol–water partition coefficient (Wildman–Crippen LogP) is 8.26. The van der Waals surface area contributed by atoms with E-state index in [-0.39, 0.29) is 17.7 Å². The summed E-state index contributed by atoms with van der Waals surface area (Å²) in [5.74, 6) is -0.843. The van der Waals surface area contributed by atoms with Crippen LogP contribution in [0.4, 0.5) is 10.5 Å². The Bertz CT molecular complexity index is 1330. The first-order valence-electron chi connectivity index (χ1n) is 15.6. The summed E-state index contributed by atoms with van der Waals surface area (Å²) in [6.07, 6.45) is 5.59. The summed E-state index contributed by atoms with van der Waals surface area (Å²) in [5.41, 5.74) is 0.655. The lowest BCUT2D eigenvalue weighted by Crippen LogP contribution is -2.54. The number of amides is 3. The highest BCUT2D eigenvalue weighted by Crippen LogP contribution is 2.27. The zero-order valence-corrected chi connectivity index (χ0v) is 26.7. The molecule has 0 radical (unpaired) electrons. The molecule has 3 aromatic rings. The molecule has 2 unspecified atom stereocenters. The minimum Gasteiger partial charge on any atom is -0.444 e. The molecular weight excluding hydrogens is 538 g/mol. The Kier molecular flexibility index (Phi) is 12.6. The van der Waals surface area contributed by atoms with Gasteiger partial charge in [-0.2, -0.15) is 0 Å². The van der Waals surface area contributed by atoms with Crippen molar-refractivity contribution in [2.24, 2.45) is 5.92 Å². The van der Waals surface area contributed by atoms with Crippen molar-refractivity contribution in [2.45, 2.75) is 97.8 Å². The van der Waals surface area contributed by atoms with Gasteiger partial charge in [-0.05, 0) is 61.6 Å². The van der Waals surface area contributed by atoms with Crippen LogP contribution in [0.15, 0.2) is 72.8 Å². The van der Waals surface area contributed by atoms with E-state index in [1.54, 1.807) is 25.7 Å². The molecule has 0 bridgehead atoms. The van der Waals surface area contributed by atoms with Crippen molar-refractivity contribution < 1.29 is 19.1 Å². The van der Waals surface area contributed by atoms with Crippen LogP contribution in [-0.2, 0) is 14.3 Å². The molecule has 0 aromatic heterocycles. The second-order valence-corrected chi connectivity index (χ2v) is 12.5. The average molecular weight is 588 g/mol. The number of hydrogen-bond acceptors (Lipinski definition) is 4. The van der Waals surface area contributed by atoms with E-state index in [9.17, 15) is 14.4 Å². The minimum absolute atomic E-state index is 0.230. The molecule has 0 spiro atoms. The maximum atomic E-state index is 14.4. The molecule has 3 rings (SSSR count). The number of hydrogen-bond donors (Lipinski definition) is 2. The highest BCUT2D eigenvalue weighted by Gasteiger charge is 2.37. The van der Waals surface area contributed by atoms with Gasteiger partial charge in [0.2, 0.25) is 5.91 Å². The molecule has 2 atom stereocenters. The van der Waals surface area contributed by atoms with Crippen LogP contribution in [0, 0.1) is 5.92 Å². The van der Waals surface area contributed by atoms with Gasteiger partial charge < -0.3 is 20.3 Å². The van der Waals surface area contributed by atoms with Gasteiger partial charge in [-0.15, -0.1) is 0 Å². The lowest BCUT2D eigenvalue weighted by molar-refractivity contribution is -0.141. The fourth-order valence-electron chi connectivity index (χ4n) is 5.14. The Morgan fingerprint density at radius 3 is 2.09 bits per heavy atom. The first kappa shape index (κ1) is 33.6. The molecule has 0 saturated heterocycles. The Morgan fingerprint density at radius 1 is 0.814 bits per heavy atom. The number of nitrogens with zero attached hydrogens (tertiary/aromatic N) is 1. The van der Waals surface area contributed by atoms with Gasteiger partial charge in [0.1, 0.15) is 17.7 Å². The number of ether oxygens (including phenoxy) is 1. The molecular formula is C36H49N3O4. The Labute approximate surface area is 257 Å². The molecule has 43 heavy (non-hydrogen) atoms. The number of unbranched alkanes of at least 4 members (excludes halogenated alkanes) is 5. The zero-order valence-electron chi connectivity index (χ0n) is 26.7. The number of rotatable bonds is 14. The standard InChI is InChI=1S/C36H49N3O4/c1-7-8-9-10-11-17-24-39(34(41)31(26(2)3)38-35(42)43-36(4,5)6)32(28-19-13-12-14-20-28)33(40)37-30-23-22-27-18-15-16-21-29(27)25-30/h12-16,18-23,25-26,31-32H,7-11,17,24H2,1-6H3,(H,37,40)(H,38,42). The van der Waals surface area contributed by atoms with Gasteiger partial charge in [0.25, 0.3) is 5.91 Å². The molecule has 3 amide bonds. The first-order chi connectivity index (χ1) is 20.5. The average Bonchev–Trinajstić information content (AvgIpc) is 2.96. The highest BCUT2D eigenvalue weighted by atomic mass is 16.6. The summed E-state index contributed by atoms with van der Waals surface area (Å²) in [6, 6.07) is 21.4. The number of carbonyl (C=O) groups excluding carboxylic acids is 3. The SMILES string of the molecule is CCCCCCCCN(C(=O)C(NC(=O)OC(C)(C)C)C(C)C)C(C(=O)Nc1ccc2ccccc2c1)c1ccccc1. The third-order valence-electron chi connectivity index (χ3n) is 7.33. The molecule has 7 nitrogen and oxygen atoms in total. The fourth-order valence-corrected chi connectivity index (χ4v) is 5.14. The van der Waals surface area contributed by atoms with Crippen LogP contribution in [-0.4, -0.2) is 41.0 Å². The Morgan fingerprint density at radius 2 is 1.44 bits per heavy atom. The van der Waals surface area contributed by atoms with Crippen molar-refractivity contribution in [3.05, 3.63) is 78.4 Å². The van der Waals surface area contributed by atoms with Gasteiger partial charge in [-0.3, -0.25) is 9.59 Å². The largest absolute Gasteiger partial charge is 0.444 e. The third-order valence-corrected chi connectivity index (χ3v) is 7.33. The molecule has 0 aliphatic rings. The van der Waals surface area contributed by atoms with E-state index in [4.69, 9.17) is 4.74 Å². The van der Waals surface area contributed by atoms with Crippen molar-refractivity contribution in [1.29, 1.82) is 0 Å². The van der Waals surface area contributed by atoms with Gasteiger partial charge in [0, 0.05) is 12.2 Å². The molecule has 0 aliphatic heterocycles. The number of fused-ring (bicyclic) bond motifs is 1. The number of nitrogens with one attached hydrogen (secondary N) is 2. The number of anilines is 1. The van der Waals surface area contributed by atoms with Gasteiger partial charge in [-0.25, -0.2) is 4.79 Å². The minimum atomic E-state index is -0.891. The van der Waals surface area contributed by atoms with E-state index in [0.29, 0.717) is 17.8 Å². The van der Waals surface area contributed by atoms with Crippen LogP contribution in [0.25, 0.3) is 10.8 Å². The van der Waals surface area contributed by atoms with Crippen LogP contribution < -0.4 is 10.6 Å². The van der Waals surface area contributed by atoms with Crippen molar-refractivity contribution in [1.82, 2.24) is 10.2 Å². The lowest BCUT2D eigenvalue weighted by Gasteiger charge is -2.35.